The van der Waals surface area contributed by atoms with Crippen LogP contribution in [0.1, 0.15) is 45.9 Å². The van der Waals surface area contributed by atoms with Crippen molar-refractivity contribution in [3.63, 3.8) is 0 Å². The Morgan fingerprint density at radius 2 is 0.898 bits per heavy atom. The van der Waals surface area contributed by atoms with E-state index in [0.29, 0.717) is 0 Å². The average molecular weight is 749 g/mol. The molecule has 2 heteroatoms. The second-order valence-electron chi connectivity index (χ2n) is 16.9. The lowest BCUT2D eigenvalue weighted by molar-refractivity contribution is 0.702. The van der Waals surface area contributed by atoms with Crippen molar-refractivity contribution in [2.45, 2.75) is 17.8 Å². The number of para-hydroxylation sites is 4. The first kappa shape index (κ1) is 31.6. The largest absolute Gasteiger partial charge is 0.309 e. The van der Waals surface area contributed by atoms with Crippen molar-refractivity contribution >= 4 is 38.9 Å². The number of hydrogen-bond acceptors (Lipinski definition) is 1. The van der Waals surface area contributed by atoms with Crippen LogP contribution >= 0.6 is 0 Å². The van der Waals surface area contributed by atoms with Gasteiger partial charge in [-0.05, 0) is 104 Å². The van der Waals surface area contributed by atoms with Gasteiger partial charge in [0.05, 0.1) is 39.2 Å². The maximum atomic E-state index is 2.57. The van der Waals surface area contributed by atoms with E-state index < -0.39 is 5.41 Å². The van der Waals surface area contributed by atoms with Gasteiger partial charge in [-0.1, -0.05) is 170 Å². The van der Waals surface area contributed by atoms with Crippen LogP contribution in [-0.2, 0) is 10.8 Å². The topological polar surface area (TPSA) is 8.17 Å². The normalized spacial score (nSPS) is 16.7. The number of aromatic nitrogens is 1. The van der Waals surface area contributed by atoms with Gasteiger partial charge in [-0.25, -0.2) is 0 Å². The summed E-state index contributed by atoms with van der Waals surface area (Å²) in [6.45, 7) is 2.43. The first-order valence-corrected chi connectivity index (χ1v) is 20.8. The van der Waals surface area contributed by atoms with Crippen molar-refractivity contribution in [2.24, 2.45) is 0 Å². The molecule has 59 heavy (non-hydrogen) atoms. The summed E-state index contributed by atoms with van der Waals surface area (Å²) in [5, 5.41) is 2.58. The van der Waals surface area contributed by atoms with Gasteiger partial charge >= 0.3 is 0 Å². The molecule has 2 aliphatic carbocycles. The van der Waals surface area contributed by atoms with Crippen molar-refractivity contribution in [3.8, 4) is 39.1 Å². The van der Waals surface area contributed by atoms with Crippen molar-refractivity contribution in [2.75, 3.05) is 4.90 Å². The Bertz CT molecular complexity index is 3450. The third kappa shape index (κ3) is 3.62. The van der Waals surface area contributed by atoms with E-state index in [4.69, 9.17) is 0 Å². The summed E-state index contributed by atoms with van der Waals surface area (Å²) in [4.78, 5) is 2.54. The Balaban J connectivity index is 1.06. The van der Waals surface area contributed by atoms with Crippen LogP contribution in [0.4, 0.5) is 17.1 Å². The van der Waals surface area contributed by atoms with Gasteiger partial charge in [-0.15, -0.1) is 0 Å². The SMILES string of the molecule is CC12c3ccccc3-c3cccc(c31)N(c1ccccc1-c1ccc3c(c1)-n1c4ccccc4c4cccc(c41)C31c3ccccc3-c3ccccc31)c1ccccc12. The molecule has 0 amide bonds. The summed E-state index contributed by atoms with van der Waals surface area (Å²) in [5.41, 5.74) is 23.9. The highest BCUT2D eigenvalue weighted by Gasteiger charge is 2.51. The first-order valence-electron chi connectivity index (χ1n) is 20.8. The molecular weight excluding hydrogens is 713 g/mol. The molecule has 1 unspecified atom stereocenters. The first-order chi connectivity index (χ1) is 29.2. The Morgan fingerprint density at radius 1 is 0.356 bits per heavy atom. The summed E-state index contributed by atoms with van der Waals surface area (Å²) in [7, 11) is 0. The molecule has 0 fully saturated rings. The molecule has 9 aromatic carbocycles. The van der Waals surface area contributed by atoms with E-state index in [2.05, 4.69) is 217 Å². The van der Waals surface area contributed by atoms with Crippen molar-refractivity contribution < 1.29 is 0 Å². The van der Waals surface area contributed by atoms with Gasteiger partial charge in [0.25, 0.3) is 0 Å². The van der Waals surface area contributed by atoms with Crippen LogP contribution in [0.25, 0.3) is 60.9 Å². The summed E-state index contributed by atoms with van der Waals surface area (Å²) in [5.74, 6) is 0. The number of nitrogens with zero attached hydrogens (tertiary/aromatic N) is 2. The predicted octanol–water partition coefficient (Wildman–Crippen LogP) is 14.2. The highest BCUT2D eigenvalue weighted by Crippen LogP contribution is 2.64. The van der Waals surface area contributed by atoms with E-state index in [1.807, 2.05) is 0 Å². The van der Waals surface area contributed by atoms with E-state index in [0.717, 1.165) is 0 Å². The third-order valence-corrected chi connectivity index (χ3v) is 14.4. The van der Waals surface area contributed by atoms with Gasteiger partial charge in [0.1, 0.15) is 0 Å². The molecule has 1 aromatic heterocycles. The fourth-order valence-electron chi connectivity index (χ4n) is 12.2. The minimum absolute atomic E-state index is 0.257. The molecule has 0 bridgehead atoms. The van der Waals surface area contributed by atoms with Crippen LogP contribution < -0.4 is 4.90 Å². The summed E-state index contributed by atoms with van der Waals surface area (Å²) < 4.78 is 2.57. The molecule has 3 heterocycles. The quantitative estimate of drug-likeness (QED) is 0.171. The molecule has 2 aliphatic heterocycles. The lowest BCUT2D eigenvalue weighted by Gasteiger charge is -2.43. The van der Waals surface area contributed by atoms with Gasteiger partial charge in [0, 0.05) is 21.8 Å². The van der Waals surface area contributed by atoms with E-state index in [9.17, 15) is 0 Å². The standard InChI is InChI=1S/C57H36N2/c1-56-43-23-7-2-19-39(43)41-21-15-31-52(54(41)56)58(51-30-13-10-26-46(51)56)49-28-11-5-16-36(49)35-32-33-47-53(34-35)59-50-29-12-6-20-40(50)42-22-14-27-48(55(42)59)57(47)44-24-8-3-17-37(44)38-18-4-9-25-45(38)57/h2-34H,1H3. The monoisotopic (exact) mass is 748 g/mol. The molecule has 14 rings (SSSR count). The highest BCUT2D eigenvalue weighted by atomic mass is 15.2. The smallest absolute Gasteiger partial charge is 0.0754 e. The molecule has 10 aromatic rings. The Kier molecular flexibility index (Phi) is 5.87. The van der Waals surface area contributed by atoms with Gasteiger partial charge in [0.15, 0.2) is 0 Å². The zero-order valence-electron chi connectivity index (χ0n) is 32.4. The van der Waals surface area contributed by atoms with Crippen LogP contribution in [0.3, 0.4) is 0 Å². The second-order valence-corrected chi connectivity index (χ2v) is 16.9. The molecule has 1 atom stereocenters. The Morgan fingerprint density at radius 3 is 1.68 bits per heavy atom. The maximum Gasteiger partial charge on any atom is 0.0754 e. The molecule has 2 nitrogen and oxygen atoms in total. The molecule has 0 saturated carbocycles. The summed E-state index contributed by atoms with van der Waals surface area (Å²) >= 11 is 0. The molecular formula is C57H36N2. The van der Waals surface area contributed by atoms with Crippen LogP contribution in [-0.4, -0.2) is 4.57 Å². The van der Waals surface area contributed by atoms with Crippen LogP contribution in [0.5, 0.6) is 0 Å². The summed E-state index contributed by atoms with van der Waals surface area (Å²) in [6.07, 6.45) is 0. The number of benzene rings is 9. The van der Waals surface area contributed by atoms with Crippen LogP contribution in [0, 0.1) is 0 Å². The van der Waals surface area contributed by atoms with E-state index in [-0.39, 0.29) is 5.41 Å². The molecule has 1 spiro atoms. The number of anilines is 3. The minimum atomic E-state index is -0.472. The van der Waals surface area contributed by atoms with Crippen molar-refractivity contribution in [1.29, 1.82) is 0 Å². The Labute approximate surface area is 342 Å². The fourth-order valence-corrected chi connectivity index (χ4v) is 12.2. The predicted molar refractivity (Wildman–Crippen MR) is 243 cm³/mol. The second kappa shape index (κ2) is 10.9. The van der Waals surface area contributed by atoms with Gasteiger partial charge in [0.2, 0.25) is 0 Å². The van der Waals surface area contributed by atoms with Gasteiger partial charge in [-0.2, -0.15) is 0 Å². The van der Waals surface area contributed by atoms with Gasteiger partial charge < -0.3 is 9.47 Å². The molecule has 0 radical (unpaired) electrons. The van der Waals surface area contributed by atoms with E-state index >= 15 is 0 Å². The number of hydrogen-bond donors (Lipinski definition) is 0. The van der Waals surface area contributed by atoms with Crippen molar-refractivity contribution in [1.82, 2.24) is 4.57 Å². The number of rotatable bonds is 2. The third-order valence-electron chi connectivity index (χ3n) is 14.4. The lowest BCUT2D eigenvalue weighted by atomic mass is 9.65. The van der Waals surface area contributed by atoms with Crippen molar-refractivity contribution in [3.05, 3.63) is 239 Å². The molecule has 0 N–H and O–H groups in total. The average Bonchev–Trinajstić information content (AvgIpc) is 3.90. The summed E-state index contributed by atoms with van der Waals surface area (Å²) in [6, 6.07) is 75.5. The maximum absolute atomic E-state index is 2.57. The molecule has 0 saturated heterocycles. The van der Waals surface area contributed by atoms with Crippen LogP contribution in [0.2, 0.25) is 0 Å². The van der Waals surface area contributed by atoms with E-state index in [1.165, 1.54) is 117 Å². The molecule has 274 valence electrons. The number of fused-ring (bicyclic) bond motifs is 17. The van der Waals surface area contributed by atoms with E-state index in [1.54, 1.807) is 0 Å². The fraction of sp³-hybridized carbons (Fsp3) is 0.0526. The Hall–Kier alpha value is -7.42. The zero-order chi connectivity index (χ0) is 38.6. The molecule has 4 aliphatic rings. The lowest BCUT2D eigenvalue weighted by Crippen LogP contribution is -2.33. The zero-order valence-corrected chi connectivity index (χ0v) is 32.4. The van der Waals surface area contributed by atoms with Gasteiger partial charge in [-0.3, -0.25) is 0 Å². The highest BCUT2D eigenvalue weighted by molar-refractivity contribution is 6.13. The minimum Gasteiger partial charge on any atom is -0.309 e. The van der Waals surface area contributed by atoms with Crippen LogP contribution in [0.15, 0.2) is 200 Å².